The van der Waals surface area contributed by atoms with E-state index in [1.54, 1.807) is 20.8 Å². The minimum atomic E-state index is -5.08. The van der Waals surface area contributed by atoms with Crippen LogP contribution in [0, 0.1) is 0 Å². The van der Waals surface area contributed by atoms with Gasteiger partial charge in [0, 0.05) is 0 Å². The van der Waals surface area contributed by atoms with Gasteiger partial charge in [0.05, 0.1) is 18.6 Å². The molecule has 2 N–H and O–H groups in total. The lowest BCUT2D eigenvalue weighted by Gasteiger charge is -2.35. The third kappa shape index (κ3) is 8.93. The third-order valence-electron chi connectivity index (χ3n) is 3.24. The maximum Gasteiger partial charge on any atom is 0.490 e. The summed E-state index contributed by atoms with van der Waals surface area (Å²) in [4.78, 5) is 32.6. The number of alkyl carbamates (subject to hydrolysis) is 1. The van der Waals surface area contributed by atoms with Gasteiger partial charge in [0.2, 0.25) is 0 Å². The third-order valence-corrected chi connectivity index (χ3v) is 4.89. The Morgan fingerprint density at radius 2 is 1.48 bits per heavy atom. The summed E-state index contributed by atoms with van der Waals surface area (Å²) in [7, 11) is -1.97. The lowest BCUT2D eigenvalue weighted by molar-refractivity contribution is -0.192. The van der Waals surface area contributed by atoms with E-state index < -0.39 is 45.2 Å². The molecule has 0 atom stereocenters. The highest BCUT2D eigenvalue weighted by atomic mass is 32.2. The first-order chi connectivity index (χ1) is 11.9. The van der Waals surface area contributed by atoms with E-state index in [2.05, 4.69) is 10.1 Å². The van der Waals surface area contributed by atoms with Crippen molar-refractivity contribution in [2.75, 3.05) is 18.6 Å². The Kier molecular flexibility index (Phi) is 8.09. The number of rotatable bonds is 2. The Balaban J connectivity index is 0.000000821. The normalized spacial score (nSPS) is 18.3. The van der Waals surface area contributed by atoms with Gasteiger partial charge in [-0.15, -0.1) is 0 Å². The van der Waals surface area contributed by atoms with Crippen LogP contribution >= 0.6 is 0 Å². The molecule has 0 aliphatic carbocycles. The van der Waals surface area contributed by atoms with Crippen LogP contribution in [0.2, 0.25) is 0 Å². The molecule has 0 saturated carbocycles. The van der Waals surface area contributed by atoms with Crippen molar-refractivity contribution in [1.82, 2.24) is 5.32 Å². The first-order valence-electron chi connectivity index (χ1n) is 7.54. The van der Waals surface area contributed by atoms with E-state index in [4.69, 9.17) is 14.6 Å². The fourth-order valence-corrected chi connectivity index (χ4v) is 3.48. The van der Waals surface area contributed by atoms with Crippen LogP contribution in [0.15, 0.2) is 0 Å². The van der Waals surface area contributed by atoms with E-state index in [1.807, 2.05) is 0 Å². The Morgan fingerprint density at radius 1 is 1.07 bits per heavy atom. The molecule has 0 spiro atoms. The average molecular weight is 421 g/mol. The number of carboxylic acid groups (broad SMARTS) is 1. The standard InChI is InChI=1S/C12H21NO6S.C2HF3O2/c1-11(2,3)19-10(15)13-12(9(14)18-4)5-7-20(16,17)8-6-12;3-2(4,5)1(6)7/h5-8H2,1-4H3,(H,13,15);(H,6,7). The van der Waals surface area contributed by atoms with E-state index in [9.17, 15) is 31.2 Å². The second kappa shape index (κ2) is 8.76. The number of esters is 1. The predicted molar refractivity (Wildman–Crippen MR) is 85.7 cm³/mol. The van der Waals surface area contributed by atoms with Crippen LogP contribution in [0.3, 0.4) is 0 Å². The predicted octanol–water partition coefficient (Wildman–Crippen LogP) is 1.26. The molecule has 158 valence electrons. The maximum atomic E-state index is 11.9. The summed E-state index contributed by atoms with van der Waals surface area (Å²) in [6.45, 7) is 5.09. The fraction of sp³-hybridized carbons (Fsp3) is 0.786. The van der Waals surface area contributed by atoms with Gasteiger partial charge in [-0.05, 0) is 33.6 Å². The highest BCUT2D eigenvalue weighted by Crippen LogP contribution is 2.26. The average Bonchev–Trinajstić information content (AvgIpc) is 2.46. The maximum absolute atomic E-state index is 11.9. The van der Waals surface area contributed by atoms with Crippen molar-refractivity contribution in [2.45, 2.75) is 50.9 Å². The fourth-order valence-electron chi connectivity index (χ4n) is 1.96. The summed E-state index contributed by atoms with van der Waals surface area (Å²) >= 11 is 0. The number of nitrogens with one attached hydrogen (secondary N) is 1. The van der Waals surface area contributed by atoms with Gasteiger partial charge in [0.25, 0.3) is 0 Å². The van der Waals surface area contributed by atoms with Crippen LogP contribution < -0.4 is 5.32 Å². The number of carboxylic acids is 1. The van der Waals surface area contributed by atoms with Crippen LogP contribution in [-0.2, 0) is 28.9 Å². The Labute approximate surface area is 154 Å². The SMILES string of the molecule is COC(=O)C1(NC(=O)OC(C)(C)C)CCS(=O)(=O)CC1.O=C(O)C(F)(F)F. The van der Waals surface area contributed by atoms with Crippen molar-refractivity contribution in [3.05, 3.63) is 0 Å². The molecule has 13 heteroatoms. The molecule has 9 nitrogen and oxygen atoms in total. The number of halogens is 3. The summed E-state index contributed by atoms with van der Waals surface area (Å²) in [6, 6.07) is 0. The van der Waals surface area contributed by atoms with Crippen LogP contribution in [0.1, 0.15) is 33.6 Å². The van der Waals surface area contributed by atoms with Gasteiger partial charge in [-0.2, -0.15) is 13.2 Å². The quantitative estimate of drug-likeness (QED) is 0.636. The Morgan fingerprint density at radius 3 is 1.78 bits per heavy atom. The van der Waals surface area contributed by atoms with E-state index in [-0.39, 0.29) is 24.3 Å². The number of sulfone groups is 1. The summed E-state index contributed by atoms with van der Waals surface area (Å²) in [5, 5.41) is 9.60. The Hall–Kier alpha value is -2.05. The number of ether oxygens (including phenoxy) is 2. The van der Waals surface area contributed by atoms with Gasteiger partial charge in [-0.3, -0.25) is 0 Å². The molecule has 1 aliphatic rings. The molecule has 0 radical (unpaired) electrons. The lowest BCUT2D eigenvalue weighted by Crippen LogP contribution is -2.59. The minimum absolute atomic E-state index is 0.0126. The van der Waals surface area contributed by atoms with Crippen molar-refractivity contribution in [1.29, 1.82) is 0 Å². The number of hydrogen-bond donors (Lipinski definition) is 2. The monoisotopic (exact) mass is 421 g/mol. The molecular weight excluding hydrogens is 399 g/mol. The lowest BCUT2D eigenvalue weighted by atomic mass is 9.92. The molecule has 1 aliphatic heterocycles. The van der Waals surface area contributed by atoms with Crippen LogP contribution in [-0.4, -0.2) is 67.5 Å². The zero-order valence-electron chi connectivity index (χ0n) is 15.2. The molecule has 1 saturated heterocycles. The molecule has 0 bridgehead atoms. The molecule has 0 aromatic heterocycles. The number of hydrogen-bond acceptors (Lipinski definition) is 7. The van der Waals surface area contributed by atoms with Crippen molar-refractivity contribution in [2.24, 2.45) is 0 Å². The highest BCUT2D eigenvalue weighted by molar-refractivity contribution is 7.91. The van der Waals surface area contributed by atoms with Gasteiger partial charge in [-0.1, -0.05) is 0 Å². The number of carbonyl (C=O) groups excluding carboxylic acids is 2. The van der Waals surface area contributed by atoms with Crippen LogP contribution in [0.25, 0.3) is 0 Å². The zero-order valence-corrected chi connectivity index (χ0v) is 16.0. The second-order valence-electron chi connectivity index (χ2n) is 6.66. The highest BCUT2D eigenvalue weighted by Gasteiger charge is 2.46. The van der Waals surface area contributed by atoms with E-state index in [1.165, 1.54) is 7.11 Å². The van der Waals surface area contributed by atoms with E-state index in [0.717, 1.165) is 0 Å². The van der Waals surface area contributed by atoms with E-state index in [0.29, 0.717) is 0 Å². The van der Waals surface area contributed by atoms with Gasteiger partial charge in [-0.25, -0.2) is 22.8 Å². The molecular formula is C14H22F3NO8S. The minimum Gasteiger partial charge on any atom is -0.475 e. The number of aliphatic carboxylic acids is 1. The van der Waals surface area contributed by atoms with Gasteiger partial charge >= 0.3 is 24.2 Å². The van der Waals surface area contributed by atoms with E-state index >= 15 is 0 Å². The summed E-state index contributed by atoms with van der Waals surface area (Å²) in [5.74, 6) is -3.75. The van der Waals surface area contributed by atoms with Crippen LogP contribution in [0.5, 0.6) is 0 Å². The Bertz CT molecular complexity index is 653. The van der Waals surface area contributed by atoms with Crippen LogP contribution in [0.4, 0.5) is 18.0 Å². The molecule has 0 aromatic carbocycles. The summed E-state index contributed by atoms with van der Waals surface area (Å²) < 4.78 is 64.5. The molecule has 1 rings (SSSR count). The molecule has 0 unspecified atom stereocenters. The van der Waals surface area contributed by atoms with Gasteiger partial charge in [0.15, 0.2) is 9.84 Å². The smallest absolute Gasteiger partial charge is 0.475 e. The first-order valence-corrected chi connectivity index (χ1v) is 9.36. The molecule has 1 fully saturated rings. The topological polar surface area (TPSA) is 136 Å². The largest absolute Gasteiger partial charge is 0.490 e. The van der Waals surface area contributed by atoms with Crippen molar-refractivity contribution in [3.63, 3.8) is 0 Å². The first kappa shape index (κ1) is 24.9. The molecule has 0 aromatic rings. The molecule has 1 heterocycles. The second-order valence-corrected chi connectivity index (χ2v) is 8.96. The van der Waals surface area contributed by atoms with Gasteiger partial charge < -0.3 is 19.9 Å². The zero-order chi connectivity index (χ0) is 21.7. The molecule has 1 amide bonds. The number of amides is 1. The number of methoxy groups -OCH3 is 1. The van der Waals surface area contributed by atoms with Crippen molar-refractivity contribution in [3.8, 4) is 0 Å². The summed E-state index contributed by atoms with van der Waals surface area (Å²) in [6.07, 6.45) is -5.87. The van der Waals surface area contributed by atoms with Crippen molar-refractivity contribution < 1.29 is 50.6 Å². The number of alkyl halides is 3. The molecule has 27 heavy (non-hydrogen) atoms. The van der Waals surface area contributed by atoms with Gasteiger partial charge in [0.1, 0.15) is 11.1 Å². The van der Waals surface area contributed by atoms with Crippen molar-refractivity contribution >= 4 is 27.9 Å². The number of carbonyl (C=O) groups is 3. The summed E-state index contributed by atoms with van der Waals surface area (Å²) in [5.41, 5.74) is -2.04.